The quantitative estimate of drug-likeness (QED) is 0.00667. The number of rotatable bonds is 22. The van der Waals surface area contributed by atoms with E-state index in [0.717, 1.165) is 24.3 Å². The van der Waals surface area contributed by atoms with Gasteiger partial charge in [0.2, 0.25) is 10.4 Å². The predicted octanol–water partition coefficient (Wildman–Crippen LogP) is -8.81. The van der Waals surface area contributed by atoms with E-state index in [9.17, 15) is 63.2 Å². The minimum absolute atomic E-state index is 0. The molecule has 36 heteroatoms. The van der Waals surface area contributed by atoms with Crippen LogP contribution in [-0.2, 0) is 67.3 Å². The van der Waals surface area contributed by atoms with Gasteiger partial charge in [-0.05, 0) is 84.2 Å². The van der Waals surface area contributed by atoms with Crippen LogP contribution in [-0.4, -0.2) is 78.5 Å². The minimum atomic E-state index is -5.39. The fourth-order valence-corrected chi connectivity index (χ4v) is 9.34. The molecule has 0 fully saturated rings. The van der Waals surface area contributed by atoms with Gasteiger partial charge in [0, 0.05) is 11.3 Å². The molecule has 5 aromatic carbocycles. The Kier molecular flexibility index (Phi) is 28.2. The fourth-order valence-electron chi connectivity index (χ4n) is 5.30. The Bertz CT molecular complexity index is 3090. The smallest absolute Gasteiger partial charge is 0.744 e. The summed E-state index contributed by atoms with van der Waals surface area (Å²) < 4.78 is 136. The summed E-state index contributed by atoms with van der Waals surface area (Å²) in [4.78, 5) is 11.4. The number of amides is 1. The van der Waals surface area contributed by atoms with Gasteiger partial charge in [0.25, 0.3) is 5.91 Å². The van der Waals surface area contributed by atoms with Gasteiger partial charge in [-0.3, -0.25) is 23.2 Å². The van der Waals surface area contributed by atoms with E-state index in [2.05, 4.69) is 48.7 Å². The molecule has 0 saturated carbocycles. The van der Waals surface area contributed by atoms with Crippen LogP contribution in [0.2, 0.25) is 0 Å². The van der Waals surface area contributed by atoms with Crippen LogP contribution in [0.5, 0.6) is 5.75 Å². The number of nitrogens with zero attached hydrogens (tertiary/aromatic N) is 4. The molecule has 0 saturated heterocycles. The van der Waals surface area contributed by atoms with Gasteiger partial charge in [-0.1, -0.05) is 6.07 Å². The largest absolute Gasteiger partial charge is 1.00 e. The van der Waals surface area contributed by atoms with E-state index in [4.69, 9.17) is 9.92 Å². The van der Waals surface area contributed by atoms with Crippen LogP contribution in [0.25, 0.3) is 10.8 Å². The number of nitrogens with one attached hydrogen (secondary N) is 1. The first-order chi connectivity index (χ1) is 30.6. The average Bonchev–Trinajstić information content (AvgIpc) is 3.24. The van der Waals surface area contributed by atoms with Gasteiger partial charge < -0.3 is 35.8 Å². The van der Waals surface area contributed by atoms with Gasteiger partial charge in [0.1, 0.15) is 21.5 Å². The number of nitrogen functional groups attached to an aromatic ring is 1. The zero-order valence-corrected chi connectivity index (χ0v) is 48.8. The second-order valence-electron chi connectivity index (χ2n) is 12.3. The van der Waals surface area contributed by atoms with E-state index < -0.39 is 91.9 Å². The minimum Gasteiger partial charge on any atom is -0.744 e. The first-order valence-corrected chi connectivity index (χ1v) is 24.6. The van der Waals surface area contributed by atoms with Crippen molar-refractivity contribution in [1.29, 1.82) is 0 Å². The van der Waals surface area contributed by atoms with Gasteiger partial charge >= 0.3 is 118 Å². The van der Waals surface area contributed by atoms with Crippen LogP contribution in [0.4, 0.5) is 34.1 Å². The van der Waals surface area contributed by atoms with E-state index in [1.54, 1.807) is 0 Å². The van der Waals surface area contributed by atoms with E-state index in [1.165, 1.54) is 60.7 Å². The van der Waals surface area contributed by atoms with Gasteiger partial charge in [0.05, 0.1) is 78.8 Å². The summed E-state index contributed by atoms with van der Waals surface area (Å²) in [5, 5.41) is 56.2. The Labute approximate surface area is 489 Å². The van der Waals surface area contributed by atoms with Gasteiger partial charge in [0.15, 0.2) is 37.7 Å². The summed E-state index contributed by atoms with van der Waals surface area (Å²) in [6, 6.07) is 16.7. The molecule has 0 aliphatic carbocycles. The number of carbonyl (C=O) groups excluding carboxylic acids is 1. The molecule has 0 heterocycles. The Balaban J connectivity index is 0.00000595. The second kappa shape index (κ2) is 29.6. The van der Waals surface area contributed by atoms with Crippen LogP contribution in [0.1, 0.15) is 10.4 Å². The molecular weight excluding hydrogens is 1080 g/mol. The van der Waals surface area contributed by atoms with Crippen molar-refractivity contribution in [1.82, 2.24) is 0 Å². The van der Waals surface area contributed by atoms with Crippen molar-refractivity contribution in [3.8, 4) is 5.75 Å². The molecule has 26 nitrogen and oxygen atoms in total. The normalized spacial score (nSPS) is 11.9. The monoisotopic (exact) mass is 1110 g/mol. The number of nitrogens with two attached hydrogens (primary N) is 1. The molecule has 348 valence electrons. The molecule has 0 aliphatic heterocycles. The van der Waals surface area contributed by atoms with Gasteiger partial charge in [-0.15, -0.1) is 14.6 Å². The van der Waals surface area contributed by atoms with Crippen LogP contribution in [0.15, 0.2) is 125 Å². The Morgan fingerprint density at radius 1 is 0.696 bits per heavy atom. The Hall–Kier alpha value is -1.27. The third-order valence-electron chi connectivity index (χ3n) is 8.16. The zero-order valence-electron chi connectivity index (χ0n) is 35.9. The summed E-state index contributed by atoms with van der Waals surface area (Å²) in [6.45, 7) is -1.29. The molecule has 0 bridgehead atoms. The summed E-state index contributed by atoms with van der Waals surface area (Å²) >= 11 is 0.328. The number of phenols is 1. The molecule has 0 aliphatic rings. The molecule has 0 radical (unpaired) electrons. The standard InChI is InChI=1S/C33H30N6O20S6.4Na/c34-29-28-20(17-26(60-58-56-42)30(32(28)40)38-36-22-6-10-25(11-7-22)62(44,45)14-12-54-61-59-57-43)18-27(64(48,49)50)31(29)39-37-23-3-1-2-19(16-23)33(41)35-21-4-8-24(9-5-21)63(46,47)15-13-55-65(51,52)53;;;;/h1-11,16-18,40,42-43H,12-15,34H2,(H,35,41)(H,48,49,50)(H,51,52,53);;;;/q;4*+1/p-4. The predicted molar refractivity (Wildman–Crippen MR) is 217 cm³/mol. The van der Waals surface area contributed by atoms with Crippen molar-refractivity contribution >= 4 is 115 Å². The molecule has 4 N–H and O–H groups in total. The van der Waals surface area contributed by atoms with Gasteiger partial charge in [-0.25, -0.2) is 33.7 Å². The molecule has 0 unspecified atom stereocenters. The van der Waals surface area contributed by atoms with Gasteiger partial charge in [-0.2, -0.15) is 14.6 Å². The van der Waals surface area contributed by atoms with Crippen molar-refractivity contribution in [3.63, 3.8) is 0 Å². The van der Waals surface area contributed by atoms with E-state index in [1.807, 2.05) is 0 Å². The molecule has 1 amide bonds. The van der Waals surface area contributed by atoms with Crippen LogP contribution in [0, 0.1) is 0 Å². The zero-order chi connectivity index (χ0) is 47.6. The number of fused-ring (bicyclic) bond motifs is 1. The number of azo groups is 2. The Morgan fingerprint density at radius 3 is 1.84 bits per heavy atom. The topological polar surface area (TPSA) is 409 Å². The van der Waals surface area contributed by atoms with E-state index >= 15 is 0 Å². The molecule has 0 atom stereocenters. The molecule has 69 heavy (non-hydrogen) atoms. The van der Waals surface area contributed by atoms with Crippen LogP contribution >= 0.6 is 24.4 Å². The van der Waals surface area contributed by atoms with Crippen molar-refractivity contribution < 1.29 is 209 Å². The number of benzene rings is 5. The first-order valence-electron chi connectivity index (χ1n) is 17.1. The summed E-state index contributed by atoms with van der Waals surface area (Å²) in [7, 11) is -18.5. The number of anilines is 2. The van der Waals surface area contributed by atoms with E-state index in [-0.39, 0.29) is 197 Å². The van der Waals surface area contributed by atoms with Crippen LogP contribution in [0.3, 0.4) is 0 Å². The fraction of sp³-hybridized carbons (Fsp3) is 0.121. The molecule has 0 spiro atoms. The summed E-state index contributed by atoms with van der Waals surface area (Å²) in [5.74, 6) is -2.89. The van der Waals surface area contributed by atoms with Crippen molar-refractivity contribution in [3.05, 3.63) is 90.5 Å². The Morgan fingerprint density at radius 2 is 1.26 bits per heavy atom. The third-order valence-corrected chi connectivity index (χ3v) is 13.8. The van der Waals surface area contributed by atoms with Crippen molar-refractivity contribution in [2.24, 2.45) is 20.5 Å². The second-order valence-corrected chi connectivity index (χ2v) is 20.2. The summed E-state index contributed by atoms with van der Waals surface area (Å²) in [6.07, 6.45) is 0. The maximum absolute atomic E-state index is 13.1. The maximum atomic E-state index is 13.1. The molecule has 0 aromatic heterocycles. The number of carbonyl (C=O) groups is 1. The number of phenolic OH excluding ortho intramolecular Hbond substituents is 1. The van der Waals surface area contributed by atoms with Crippen molar-refractivity contribution in [2.75, 3.05) is 35.8 Å². The summed E-state index contributed by atoms with van der Waals surface area (Å²) in [5.41, 5.74) is 4.55. The number of hydrogen-bond donors (Lipinski definition) is 3. The molecule has 5 aromatic rings. The molecule has 5 rings (SSSR count). The molecular formula is C33H26N6Na4O20S6. The number of sulfone groups is 2. The third kappa shape index (κ3) is 19.2. The van der Waals surface area contributed by atoms with Crippen LogP contribution < -0.4 is 140 Å². The maximum Gasteiger partial charge on any atom is 1.00 e. The van der Waals surface area contributed by atoms with Crippen molar-refractivity contribution in [2.45, 2.75) is 19.6 Å². The SMILES string of the molecule is Nc1c(N=Nc2cccc(C(=O)Nc3ccc(S(=O)(=O)CCOS(=O)(=O)[O-])cc3)c2)c(S(=O)(=O)[O-])cc2cc(SOO[O-])c(N=Nc3ccc(S(=O)(=O)CCOSOO[O-])cc3)c(O)c12.[Na+].[Na+].[Na+].[Na+]. The van der Waals surface area contributed by atoms with E-state index in [0.29, 0.717) is 0 Å². The average molecular weight is 1110 g/mol. The first kappa shape index (κ1) is 65.7. The number of hydrogen-bond acceptors (Lipinski definition) is 27. The number of aromatic hydroxyl groups is 1.